The first kappa shape index (κ1) is 19.9. The van der Waals surface area contributed by atoms with Crippen LogP contribution in [0.4, 0.5) is 28.7 Å². The van der Waals surface area contributed by atoms with Gasteiger partial charge in [0.05, 0.1) is 24.3 Å². The summed E-state index contributed by atoms with van der Waals surface area (Å²) in [5, 5.41) is 17.7. The van der Waals surface area contributed by atoms with Gasteiger partial charge in [-0.25, -0.2) is 9.97 Å². The molecule has 1 aromatic heterocycles. The highest BCUT2D eigenvalue weighted by Gasteiger charge is 2.24. The van der Waals surface area contributed by atoms with E-state index >= 15 is 0 Å². The molecule has 0 atom stereocenters. The van der Waals surface area contributed by atoms with Crippen LogP contribution in [-0.2, 0) is 0 Å². The Balaban J connectivity index is 1.94. The molecule has 2 N–H and O–H groups in total. The maximum Gasteiger partial charge on any atom is 0.353 e. The molecule has 2 aromatic carbocycles. The van der Waals surface area contributed by atoms with Crippen molar-refractivity contribution in [3.63, 3.8) is 0 Å². The fourth-order valence-electron chi connectivity index (χ4n) is 2.72. The maximum atomic E-state index is 11.8. The smallest absolute Gasteiger partial charge is 0.353 e. The molecule has 1 heterocycles. The average molecular weight is 395 g/mol. The number of hydrogen-bond donors (Lipinski definition) is 2. The van der Waals surface area contributed by atoms with Crippen molar-refractivity contribution < 1.29 is 14.4 Å². The van der Waals surface area contributed by atoms with E-state index in [1.807, 2.05) is 26.0 Å². The minimum Gasteiger partial charge on any atom is -0.495 e. The summed E-state index contributed by atoms with van der Waals surface area (Å²) >= 11 is 0. The number of ether oxygens (including phenoxy) is 2. The second-order valence-electron chi connectivity index (χ2n) is 6.09. The summed E-state index contributed by atoms with van der Waals surface area (Å²) < 4.78 is 10.7. The molecule has 0 spiro atoms. The monoisotopic (exact) mass is 395 g/mol. The van der Waals surface area contributed by atoms with Crippen LogP contribution < -0.4 is 20.1 Å². The number of nitro groups is 1. The van der Waals surface area contributed by atoms with Crippen molar-refractivity contribution in [2.24, 2.45) is 0 Å². The molecule has 0 amide bonds. The van der Waals surface area contributed by atoms with Crippen LogP contribution in [0.3, 0.4) is 0 Å². The first-order valence-electron chi connectivity index (χ1n) is 8.92. The van der Waals surface area contributed by atoms with Crippen molar-refractivity contribution in [2.45, 2.75) is 13.8 Å². The van der Waals surface area contributed by atoms with Crippen LogP contribution in [0.5, 0.6) is 11.5 Å². The van der Waals surface area contributed by atoms with Gasteiger partial charge in [-0.05, 0) is 55.8 Å². The van der Waals surface area contributed by atoms with Crippen molar-refractivity contribution in [3.8, 4) is 11.5 Å². The molecule has 0 aliphatic rings. The fraction of sp³-hybridized carbons (Fsp3) is 0.200. The SMILES string of the molecule is CCOc1ccc(Nc2ncnc(Nc3cc(C)ccc3OC)c2[N+](=O)[O-])cc1. The first-order chi connectivity index (χ1) is 14.0. The Morgan fingerprint density at radius 1 is 1.07 bits per heavy atom. The van der Waals surface area contributed by atoms with Crippen molar-refractivity contribution in [1.82, 2.24) is 9.97 Å². The van der Waals surface area contributed by atoms with Gasteiger partial charge in [0, 0.05) is 5.69 Å². The minimum atomic E-state index is -0.526. The van der Waals surface area contributed by atoms with Crippen molar-refractivity contribution in [1.29, 1.82) is 0 Å². The van der Waals surface area contributed by atoms with Crippen LogP contribution >= 0.6 is 0 Å². The quantitative estimate of drug-likeness (QED) is 0.421. The molecule has 9 nitrogen and oxygen atoms in total. The Morgan fingerprint density at radius 3 is 2.38 bits per heavy atom. The Bertz CT molecular complexity index is 1010. The molecule has 0 saturated carbocycles. The molecule has 29 heavy (non-hydrogen) atoms. The van der Waals surface area contributed by atoms with Gasteiger partial charge in [0.15, 0.2) is 0 Å². The largest absolute Gasteiger partial charge is 0.495 e. The summed E-state index contributed by atoms with van der Waals surface area (Å²) in [6, 6.07) is 12.6. The molecular weight excluding hydrogens is 374 g/mol. The molecule has 3 rings (SSSR count). The van der Waals surface area contributed by atoms with E-state index in [2.05, 4.69) is 20.6 Å². The molecule has 0 radical (unpaired) electrons. The summed E-state index contributed by atoms with van der Waals surface area (Å²) in [4.78, 5) is 19.4. The van der Waals surface area contributed by atoms with Crippen LogP contribution in [0.2, 0.25) is 0 Å². The summed E-state index contributed by atoms with van der Waals surface area (Å²) in [5.74, 6) is 1.39. The van der Waals surface area contributed by atoms with Gasteiger partial charge < -0.3 is 20.1 Å². The zero-order valence-corrected chi connectivity index (χ0v) is 16.3. The van der Waals surface area contributed by atoms with Crippen LogP contribution in [-0.4, -0.2) is 28.6 Å². The lowest BCUT2D eigenvalue weighted by molar-refractivity contribution is -0.383. The number of aromatic nitrogens is 2. The number of hydrogen-bond acceptors (Lipinski definition) is 8. The predicted molar refractivity (Wildman–Crippen MR) is 111 cm³/mol. The maximum absolute atomic E-state index is 11.8. The number of methoxy groups -OCH3 is 1. The van der Waals surface area contributed by atoms with Gasteiger partial charge in [0.2, 0.25) is 11.6 Å². The Labute approximate surface area is 167 Å². The van der Waals surface area contributed by atoms with Gasteiger partial charge in [-0.15, -0.1) is 0 Å². The number of nitrogens with zero attached hydrogens (tertiary/aromatic N) is 3. The predicted octanol–water partition coefficient (Wildman–Crippen LogP) is 4.59. The Morgan fingerprint density at radius 2 is 1.76 bits per heavy atom. The third-order valence-electron chi connectivity index (χ3n) is 4.04. The molecule has 0 unspecified atom stereocenters. The standard InChI is InChI=1S/C20H21N5O4/c1-4-29-15-8-6-14(7-9-15)23-19-18(25(26)27)20(22-12-21-19)24-16-11-13(2)5-10-17(16)28-3/h5-12H,4H2,1-3H3,(H2,21,22,23,24). The number of benzene rings is 2. The lowest BCUT2D eigenvalue weighted by Gasteiger charge is -2.13. The van der Waals surface area contributed by atoms with E-state index in [1.165, 1.54) is 13.4 Å². The van der Waals surface area contributed by atoms with E-state index in [1.54, 1.807) is 30.3 Å². The topological polar surface area (TPSA) is 111 Å². The highest BCUT2D eigenvalue weighted by Crippen LogP contribution is 2.36. The van der Waals surface area contributed by atoms with Gasteiger partial charge in [-0.2, -0.15) is 0 Å². The molecule has 0 fully saturated rings. The summed E-state index contributed by atoms with van der Waals surface area (Å²) in [6.45, 7) is 4.37. The van der Waals surface area contributed by atoms with Crippen LogP contribution in [0.15, 0.2) is 48.8 Å². The van der Waals surface area contributed by atoms with Gasteiger partial charge in [0.25, 0.3) is 0 Å². The Kier molecular flexibility index (Phi) is 6.08. The second-order valence-corrected chi connectivity index (χ2v) is 6.09. The minimum absolute atomic E-state index is 0.0577. The number of aryl methyl sites for hydroxylation is 1. The van der Waals surface area contributed by atoms with E-state index < -0.39 is 4.92 Å². The van der Waals surface area contributed by atoms with E-state index in [-0.39, 0.29) is 17.3 Å². The lowest BCUT2D eigenvalue weighted by atomic mass is 10.2. The van der Waals surface area contributed by atoms with Gasteiger partial charge >= 0.3 is 5.69 Å². The van der Waals surface area contributed by atoms with Gasteiger partial charge in [-0.1, -0.05) is 6.07 Å². The van der Waals surface area contributed by atoms with E-state index in [0.29, 0.717) is 29.5 Å². The third kappa shape index (κ3) is 4.70. The van der Waals surface area contributed by atoms with Crippen molar-refractivity contribution in [3.05, 3.63) is 64.5 Å². The van der Waals surface area contributed by atoms with Gasteiger partial charge in [0.1, 0.15) is 17.8 Å². The number of anilines is 4. The average Bonchev–Trinajstić information content (AvgIpc) is 2.70. The molecule has 150 valence electrons. The normalized spacial score (nSPS) is 10.3. The summed E-state index contributed by atoms with van der Waals surface area (Å²) in [5.41, 5.74) is 1.90. The molecule has 0 saturated heterocycles. The van der Waals surface area contributed by atoms with E-state index in [4.69, 9.17) is 9.47 Å². The number of nitrogens with one attached hydrogen (secondary N) is 2. The highest BCUT2D eigenvalue weighted by atomic mass is 16.6. The van der Waals surface area contributed by atoms with Crippen LogP contribution in [0.1, 0.15) is 12.5 Å². The zero-order valence-electron chi connectivity index (χ0n) is 16.3. The molecule has 9 heteroatoms. The third-order valence-corrected chi connectivity index (χ3v) is 4.04. The Hall–Kier alpha value is -3.88. The van der Waals surface area contributed by atoms with E-state index in [9.17, 15) is 10.1 Å². The van der Waals surface area contributed by atoms with E-state index in [0.717, 1.165) is 5.56 Å². The first-order valence-corrected chi connectivity index (χ1v) is 8.92. The van der Waals surface area contributed by atoms with Crippen LogP contribution in [0.25, 0.3) is 0 Å². The highest BCUT2D eigenvalue weighted by molar-refractivity contribution is 5.78. The zero-order chi connectivity index (χ0) is 20.8. The number of rotatable bonds is 8. The fourth-order valence-corrected chi connectivity index (χ4v) is 2.72. The van der Waals surface area contributed by atoms with Crippen molar-refractivity contribution >= 4 is 28.7 Å². The molecule has 0 bridgehead atoms. The summed E-state index contributed by atoms with van der Waals surface area (Å²) in [6.07, 6.45) is 1.26. The molecule has 0 aliphatic heterocycles. The van der Waals surface area contributed by atoms with Gasteiger partial charge in [-0.3, -0.25) is 10.1 Å². The van der Waals surface area contributed by atoms with Crippen LogP contribution in [0, 0.1) is 17.0 Å². The summed E-state index contributed by atoms with van der Waals surface area (Å²) in [7, 11) is 1.53. The molecular formula is C20H21N5O4. The second kappa shape index (κ2) is 8.87. The van der Waals surface area contributed by atoms with Crippen molar-refractivity contribution in [2.75, 3.05) is 24.4 Å². The lowest BCUT2D eigenvalue weighted by Crippen LogP contribution is -2.06. The molecule has 3 aromatic rings. The molecule has 0 aliphatic carbocycles.